The number of hydrogen-bond donors (Lipinski definition) is 3. The van der Waals surface area contributed by atoms with Gasteiger partial charge in [-0.25, -0.2) is 0 Å². The molecule has 0 unspecified atom stereocenters. The number of aliphatic hydroxyl groups excluding tert-OH is 3. The average Bonchev–Trinajstić information content (AvgIpc) is 2.52. The molecule has 24 heavy (non-hydrogen) atoms. The van der Waals surface area contributed by atoms with Crippen LogP contribution in [0.2, 0.25) is 0 Å². The summed E-state index contributed by atoms with van der Waals surface area (Å²) in [6.07, 6.45) is 6.53. The highest BCUT2D eigenvalue weighted by atomic mass is 16.5. The summed E-state index contributed by atoms with van der Waals surface area (Å²) in [5, 5.41) is 29.7. The number of hydrogen-bond acceptors (Lipinski definition) is 4. The lowest BCUT2D eigenvalue weighted by Crippen LogP contribution is -2.65. The molecule has 3 fully saturated rings. The van der Waals surface area contributed by atoms with Gasteiger partial charge in [-0.3, -0.25) is 0 Å². The summed E-state index contributed by atoms with van der Waals surface area (Å²) in [5.41, 5.74) is -0.686. The van der Waals surface area contributed by atoms with Crippen LogP contribution in [0.25, 0.3) is 0 Å². The Kier molecular flexibility index (Phi) is 4.61. The van der Waals surface area contributed by atoms with Gasteiger partial charge in [0, 0.05) is 6.61 Å². The van der Waals surface area contributed by atoms with Gasteiger partial charge in [-0.05, 0) is 75.0 Å². The van der Waals surface area contributed by atoms with E-state index in [0.717, 1.165) is 32.1 Å². The Morgan fingerprint density at radius 1 is 0.958 bits per heavy atom. The highest BCUT2D eigenvalue weighted by Crippen LogP contribution is 2.65. The zero-order chi connectivity index (χ0) is 17.8. The van der Waals surface area contributed by atoms with Gasteiger partial charge in [0.05, 0.1) is 17.8 Å². The first-order valence-corrected chi connectivity index (χ1v) is 9.73. The molecule has 2 aliphatic carbocycles. The van der Waals surface area contributed by atoms with Crippen molar-refractivity contribution in [2.24, 2.45) is 22.7 Å². The molecule has 4 nitrogen and oxygen atoms in total. The molecule has 140 valence electrons. The molecule has 3 rings (SSSR count). The molecule has 7 atom stereocenters. The Morgan fingerprint density at radius 3 is 2.25 bits per heavy atom. The Balaban J connectivity index is 1.91. The van der Waals surface area contributed by atoms with Crippen LogP contribution in [0.1, 0.15) is 72.6 Å². The van der Waals surface area contributed by atoms with Crippen LogP contribution in [0.15, 0.2) is 0 Å². The van der Waals surface area contributed by atoms with E-state index >= 15 is 0 Å². The van der Waals surface area contributed by atoms with Crippen molar-refractivity contribution in [3.8, 4) is 0 Å². The van der Waals surface area contributed by atoms with Crippen LogP contribution in [-0.2, 0) is 4.74 Å². The molecule has 1 heterocycles. The van der Waals surface area contributed by atoms with E-state index < -0.39 is 11.7 Å². The Labute approximate surface area is 146 Å². The van der Waals surface area contributed by atoms with Crippen LogP contribution in [0.5, 0.6) is 0 Å². The van der Waals surface area contributed by atoms with E-state index in [0.29, 0.717) is 11.8 Å². The van der Waals surface area contributed by atoms with Gasteiger partial charge in [0.25, 0.3) is 0 Å². The fraction of sp³-hybridized carbons (Fsp3) is 1.00. The number of fused-ring (bicyclic) bond motifs is 3. The topological polar surface area (TPSA) is 69.9 Å². The molecule has 1 saturated heterocycles. The van der Waals surface area contributed by atoms with Crippen LogP contribution < -0.4 is 0 Å². The summed E-state index contributed by atoms with van der Waals surface area (Å²) in [6, 6.07) is 0. The molecule has 0 aromatic rings. The van der Waals surface area contributed by atoms with E-state index in [1.807, 2.05) is 6.92 Å². The molecule has 0 radical (unpaired) electrons. The van der Waals surface area contributed by atoms with Gasteiger partial charge in [-0.1, -0.05) is 20.3 Å². The standard InChI is InChI=1S/C20H36O4/c1-17(13-22)8-5-9-18(2)14(17)6-10-19(3)15(18)7-11-20(4,24-19)16(23)12-21/h14-16,21-23H,5-13H2,1-4H3/t14-,15+,16-,17-,18-,19+,20-/m1/s1. The van der Waals surface area contributed by atoms with E-state index in [-0.39, 0.29) is 29.6 Å². The molecule has 4 heteroatoms. The zero-order valence-corrected chi connectivity index (χ0v) is 15.8. The Morgan fingerprint density at radius 2 is 1.62 bits per heavy atom. The Hall–Kier alpha value is -0.160. The van der Waals surface area contributed by atoms with Gasteiger partial charge in [-0.2, -0.15) is 0 Å². The molecule has 1 aliphatic heterocycles. The minimum Gasteiger partial charge on any atom is -0.396 e. The van der Waals surface area contributed by atoms with Crippen molar-refractivity contribution in [3.63, 3.8) is 0 Å². The van der Waals surface area contributed by atoms with Crippen LogP contribution in [0, 0.1) is 22.7 Å². The summed E-state index contributed by atoms with van der Waals surface area (Å²) >= 11 is 0. The van der Waals surface area contributed by atoms with Crippen molar-refractivity contribution in [2.75, 3.05) is 13.2 Å². The van der Waals surface area contributed by atoms with Crippen LogP contribution >= 0.6 is 0 Å². The second-order valence-corrected chi connectivity index (χ2v) is 9.78. The van der Waals surface area contributed by atoms with Crippen molar-refractivity contribution >= 4 is 0 Å². The minimum absolute atomic E-state index is 0.0275. The highest BCUT2D eigenvalue weighted by Gasteiger charge is 2.62. The number of aliphatic hydroxyl groups is 3. The maximum absolute atomic E-state index is 10.3. The largest absolute Gasteiger partial charge is 0.396 e. The quantitative estimate of drug-likeness (QED) is 0.739. The molecule has 0 spiro atoms. The van der Waals surface area contributed by atoms with Crippen LogP contribution in [-0.4, -0.2) is 45.8 Å². The fourth-order valence-electron chi connectivity index (χ4n) is 6.80. The van der Waals surface area contributed by atoms with Gasteiger partial charge in [0.1, 0.15) is 6.10 Å². The van der Waals surface area contributed by atoms with E-state index in [1.54, 1.807) is 0 Å². The molecule has 2 saturated carbocycles. The predicted octanol–water partition coefficient (Wildman–Crippen LogP) is 2.88. The first-order valence-electron chi connectivity index (χ1n) is 9.73. The van der Waals surface area contributed by atoms with E-state index in [9.17, 15) is 15.3 Å². The summed E-state index contributed by atoms with van der Waals surface area (Å²) in [6.45, 7) is 8.87. The van der Waals surface area contributed by atoms with Gasteiger partial charge in [0.2, 0.25) is 0 Å². The van der Waals surface area contributed by atoms with Crippen molar-refractivity contribution in [1.29, 1.82) is 0 Å². The smallest absolute Gasteiger partial charge is 0.106 e. The first kappa shape index (κ1) is 18.6. The van der Waals surface area contributed by atoms with Crippen LogP contribution in [0.3, 0.4) is 0 Å². The monoisotopic (exact) mass is 340 g/mol. The van der Waals surface area contributed by atoms with E-state index in [1.165, 1.54) is 12.8 Å². The molecule has 0 bridgehead atoms. The second-order valence-electron chi connectivity index (χ2n) is 9.78. The maximum Gasteiger partial charge on any atom is 0.106 e. The molecular formula is C20H36O4. The molecule has 0 aromatic carbocycles. The van der Waals surface area contributed by atoms with Crippen molar-refractivity contribution in [1.82, 2.24) is 0 Å². The van der Waals surface area contributed by atoms with Gasteiger partial charge in [0.15, 0.2) is 0 Å². The van der Waals surface area contributed by atoms with Crippen LogP contribution in [0.4, 0.5) is 0 Å². The highest BCUT2D eigenvalue weighted by molar-refractivity contribution is 5.11. The summed E-state index contributed by atoms with van der Waals surface area (Å²) in [4.78, 5) is 0. The molecule has 0 aromatic heterocycles. The predicted molar refractivity (Wildman–Crippen MR) is 93.6 cm³/mol. The maximum atomic E-state index is 10.3. The fourth-order valence-corrected chi connectivity index (χ4v) is 6.80. The molecule has 3 N–H and O–H groups in total. The molecule has 3 aliphatic rings. The normalized spacial score (nSPS) is 53.1. The average molecular weight is 341 g/mol. The lowest BCUT2D eigenvalue weighted by Gasteiger charge is -2.65. The second kappa shape index (κ2) is 5.94. The number of rotatable bonds is 3. The van der Waals surface area contributed by atoms with Crippen molar-refractivity contribution < 1.29 is 20.1 Å². The van der Waals surface area contributed by atoms with Crippen molar-refractivity contribution in [2.45, 2.75) is 89.9 Å². The van der Waals surface area contributed by atoms with E-state index in [2.05, 4.69) is 20.8 Å². The van der Waals surface area contributed by atoms with Crippen molar-refractivity contribution in [3.05, 3.63) is 0 Å². The summed E-state index contributed by atoms with van der Waals surface area (Å²) in [5.74, 6) is 0.992. The molecular weight excluding hydrogens is 304 g/mol. The third-order valence-corrected chi connectivity index (χ3v) is 8.20. The number of ether oxygens (including phenoxy) is 1. The first-order chi connectivity index (χ1) is 11.1. The third kappa shape index (κ3) is 2.56. The SMILES string of the molecule is C[C@]1(CO)CCC[C@]2(C)[C@@H]1CC[C@]1(C)O[C@@](C)([C@H](O)CO)CC[C@@H]21. The van der Waals surface area contributed by atoms with Gasteiger partial charge >= 0.3 is 0 Å². The van der Waals surface area contributed by atoms with Gasteiger partial charge in [-0.15, -0.1) is 0 Å². The Bertz CT molecular complexity index is 482. The van der Waals surface area contributed by atoms with Gasteiger partial charge < -0.3 is 20.1 Å². The summed E-state index contributed by atoms with van der Waals surface area (Å²) < 4.78 is 6.56. The minimum atomic E-state index is -0.824. The molecule has 0 amide bonds. The third-order valence-electron chi connectivity index (χ3n) is 8.20. The zero-order valence-electron chi connectivity index (χ0n) is 15.8. The summed E-state index contributed by atoms with van der Waals surface area (Å²) in [7, 11) is 0. The lowest BCUT2D eigenvalue weighted by atomic mass is 9.44. The van der Waals surface area contributed by atoms with E-state index in [4.69, 9.17) is 4.74 Å². The lowest BCUT2D eigenvalue weighted by molar-refractivity contribution is -0.289.